The lowest BCUT2D eigenvalue weighted by Crippen LogP contribution is -2.40. The summed E-state index contributed by atoms with van der Waals surface area (Å²) >= 11 is 0. The van der Waals surface area contributed by atoms with Gasteiger partial charge in [0.2, 0.25) is 0 Å². The molecule has 3 aliphatic rings. The predicted octanol–water partition coefficient (Wildman–Crippen LogP) is 3.17. The molecule has 0 unspecified atom stereocenters. The van der Waals surface area contributed by atoms with Gasteiger partial charge in [0.15, 0.2) is 0 Å². The number of hydrogen-bond acceptors (Lipinski definition) is 4. The van der Waals surface area contributed by atoms with Gasteiger partial charge in [0.25, 0.3) is 23.6 Å². The van der Waals surface area contributed by atoms with Gasteiger partial charge in [0.1, 0.15) is 0 Å². The second-order valence-corrected chi connectivity index (χ2v) is 7.58. The Morgan fingerprint density at radius 1 is 0.679 bits per heavy atom. The summed E-state index contributed by atoms with van der Waals surface area (Å²) in [5, 5.41) is 2.27. The molecular formula is C22H18N2O4. The second kappa shape index (κ2) is 6.12. The Morgan fingerprint density at radius 3 is 1.96 bits per heavy atom. The Hall–Kier alpha value is -3.28. The van der Waals surface area contributed by atoms with Gasteiger partial charge in [-0.1, -0.05) is 31.4 Å². The molecule has 4 amide bonds. The van der Waals surface area contributed by atoms with Crippen molar-refractivity contribution < 1.29 is 19.2 Å². The molecular weight excluding hydrogens is 356 g/mol. The molecule has 5 rings (SSSR count). The van der Waals surface area contributed by atoms with Gasteiger partial charge in [-0.2, -0.15) is 0 Å². The highest BCUT2D eigenvalue weighted by atomic mass is 16.2. The summed E-state index contributed by atoms with van der Waals surface area (Å²) in [5.74, 6) is -1.26. The maximum absolute atomic E-state index is 13.0. The molecule has 6 heteroatoms. The molecule has 28 heavy (non-hydrogen) atoms. The molecule has 2 aromatic carbocycles. The Labute approximate surface area is 161 Å². The summed E-state index contributed by atoms with van der Waals surface area (Å²) in [5.41, 5.74) is 2.99. The Kier molecular flexibility index (Phi) is 3.69. The maximum Gasteiger partial charge on any atom is 0.261 e. The third-order valence-corrected chi connectivity index (χ3v) is 5.93. The van der Waals surface area contributed by atoms with Crippen molar-refractivity contribution in [3.63, 3.8) is 0 Å². The highest BCUT2D eigenvalue weighted by molar-refractivity contribution is 6.23. The van der Waals surface area contributed by atoms with Crippen molar-refractivity contribution in [1.82, 2.24) is 10.2 Å². The molecule has 0 aromatic heterocycles. The third kappa shape index (κ3) is 2.41. The SMILES string of the molecule is O=C1NC(=O)c2cc(-c3ccc4c(c3)C(=O)N(C3CCCCC3)C4=O)ccc21. The van der Waals surface area contributed by atoms with Gasteiger partial charge in [0, 0.05) is 6.04 Å². The summed E-state index contributed by atoms with van der Waals surface area (Å²) in [4.78, 5) is 50.8. The molecule has 0 atom stereocenters. The number of carbonyl (C=O) groups excluding carboxylic acids is 4. The van der Waals surface area contributed by atoms with E-state index in [4.69, 9.17) is 0 Å². The average Bonchev–Trinajstić information content (AvgIpc) is 3.15. The minimum Gasteiger partial charge on any atom is -0.288 e. The lowest BCUT2D eigenvalue weighted by molar-refractivity contribution is 0.0548. The minimum atomic E-state index is -0.419. The summed E-state index contributed by atoms with van der Waals surface area (Å²) in [6.45, 7) is 0. The minimum absolute atomic E-state index is 0.0145. The molecule has 6 nitrogen and oxygen atoms in total. The lowest BCUT2D eigenvalue weighted by Gasteiger charge is -2.29. The first-order valence-corrected chi connectivity index (χ1v) is 9.56. The van der Waals surface area contributed by atoms with Crippen LogP contribution in [0, 0.1) is 0 Å². The second-order valence-electron chi connectivity index (χ2n) is 7.58. The molecule has 2 heterocycles. The van der Waals surface area contributed by atoms with Gasteiger partial charge in [-0.25, -0.2) is 0 Å². The standard InChI is InChI=1S/C22H18N2O4/c25-19-15-8-6-12(10-17(15)20(26)23-19)13-7-9-16-18(11-13)22(28)24(21(16)27)14-4-2-1-3-5-14/h6-11,14H,1-5H2,(H,23,25,26). The van der Waals surface area contributed by atoms with Gasteiger partial charge in [-0.3, -0.25) is 29.4 Å². The Bertz CT molecular complexity index is 1070. The Balaban J connectivity index is 1.52. The van der Waals surface area contributed by atoms with E-state index >= 15 is 0 Å². The van der Waals surface area contributed by atoms with E-state index in [9.17, 15) is 19.2 Å². The molecule has 1 fully saturated rings. The van der Waals surface area contributed by atoms with Crippen molar-refractivity contribution in [2.75, 3.05) is 0 Å². The lowest BCUT2D eigenvalue weighted by atomic mass is 9.94. The third-order valence-electron chi connectivity index (χ3n) is 5.93. The molecule has 1 aliphatic carbocycles. The molecule has 2 aliphatic heterocycles. The van der Waals surface area contributed by atoms with Crippen molar-refractivity contribution in [3.8, 4) is 11.1 Å². The zero-order valence-electron chi connectivity index (χ0n) is 15.2. The first kappa shape index (κ1) is 16.9. The van der Waals surface area contributed by atoms with Crippen LogP contribution in [-0.2, 0) is 0 Å². The van der Waals surface area contributed by atoms with E-state index in [0.717, 1.165) is 43.2 Å². The van der Waals surface area contributed by atoms with Crippen LogP contribution in [0.3, 0.4) is 0 Å². The summed E-state index contributed by atoms with van der Waals surface area (Å²) < 4.78 is 0. The maximum atomic E-state index is 13.0. The fourth-order valence-electron chi connectivity index (χ4n) is 4.46. The van der Waals surface area contributed by atoms with E-state index in [1.807, 2.05) is 0 Å². The largest absolute Gasteiger partial charge is 0.288 e. The van der Waals surface area contributed by atoms with Gasteiger partial charge < -0.3 is 0 Å². The Morgan fingerprint density at radius 2 is 1.25 bits per heavy atom. The molecule has 1 saturated carbocycles. The quantitative estimate of drug-likeness (QED) is 0.819. The number of nitrogens with one attached hydrogen (secondary N) is 1. The topological polar surface area (TPSA) is 83.6 Å². The van der Waals surface area contributed by atoms with Gasteiger partial charge >= 0.3 is 0 Å². The van der Waals surface area contributed by atoms with Crippen LogP contribution in [-0.4, -0.2) is 34.6 Å². The zero-order valence-corrected chi connectivity index (χ0v) is 15.2. The number of benzene rings is 2. The van der Waals surface area contributed by atoms with Crippen molar-refractivity contribution in [1.29, 1.82) is 0 Å². The summed E-state index contributed by atoms with van der Waals surface area (Å²) in [6, 6.07) is 10.2. The van der Waals surface area contributed by atoms with Gasteiger partial charge in [-0.05, 0) is 48.2 Å². The van der Waals surface area contributed by atoms with E-state index in [-0.39, 0.29) is 17.9 Å². The number of nitrogens with zero attached hydrogens (tertiary/aromatic N) is 1. The van der Waals surface area contributed by atoms with Crippen LogP contribution in [0.1, 0.15) is 73.5 Å². The molecule has 0 spiro atoms. The molecule has 1 N–H and O–H groups in total. The van der Waals surface area contributed by atoms with Crippen molar-refractivity contribution in [2.24, 2.45) is 0 Å². The van der Waals surface area contributed by atoms with Crippen LogP contribution < -0.4 is 5.32 Å². The van der Waals surface area contributed by atoms with E-state index in [2.05, 4.69) is 5.32 Å². The first-order valence-electron chi connectivity index (χ1n) is 9.56. The molecule has 0 saturated heterocycles. The number of hydrogen-bond donors (Lipinski definition) is 1. The van der Waals surface area contributed by atoms with Gasteiger partial charge in [0.05, 0.1) is 22.3 Å². The van der Waals surface area contributed by atoms with Crippen LogP contribution >= 0.6 is 0 Å². The monoisotopic (exact) mass is 374 g/mol. The van der Waals surface area contributed by atoms with Crippen molar-refractivity contribution in [3.05, 3.63) is 58.7 Å². The van der Waals surface area contributed by atoms with Crippen LogP contribution in [0.4, 0.5) is 0 Å². The van der Waals surface area contributed by atoms with Gasteiger partial charge in [-0.15, -0.1) is 0 Å². The number of fused-ring (bicyclic) bond motifs is 2. The summed E-state index contributed by atoms with van der Waals surface area (Å²) in [6.07, 6.45) is 4.97. The first-order chi connectivity index (χ1) is 13.5. The highest BCUT2D eigenvalue weighted by Crippen LogP contribution is 2.34. The molecule has 0 radical (unpaired) electrons. The number of imide groups is 2. The van der Waals surface area contributed by atoms with Crippen LogP contribution in [0.15, 0.2) is 36.4 Å². The molecule has 140 valence electrons. The van der Waals surface area contributed by atoms with Crippen LogP contribution in [0.2, 0.25) is 0 Å². The van der Waals surface area contributed by atoms with Crippen molar-refractivity contribution in [2.45, 2.75) is 38.1 Å². The van der Waals surface area contributed by atoms with Crippen LogP contribution in [0.5, 0.6) is 0 Å². The summed E-state index contributed by atoms with van der Waals surface area (Å²) in [7, 11) is 0. The molecule has 2 aromatic rings. The van der Waals surface area contributed by atoms with E-state index in [1.165, 1.54) is 4.90 Å². The number of rotatable bonds is 2. The average molecular weight is 374 g/mol. The van der Waals surface area contributed by atoms with Crippen LogP contribution in [0.25, 0.3) is 11.1 Å². The number of amides is 4. The van der Waals surface area contributed by atoms with E-state index in [0.29, 0.717) is 22.3 Å². The van der Waals surface area contributed by atoms with Crippen molar-refractivity contribution >= 4 is 23.6 Å². The van der Waals surface area contributed by atoms with E-state index in [1.54, 1.807) is 36.4 Å². The predicted molar refractivity (Wildman–Crippen MR) is 101 cm³/mol. The number of carbonyl (C=O) groups is 4. The molecule has 0 bridgehead atoms. The highest BCUT2D eigenvalue weighted by Gasteiger charge is 2.40. The zero-order chi connectivity index (χ0) is 19.4. The fourth-order valence-corrected chi connectivity index (χ4v) is 4.46. The fraction of sp³-hybridized carbons (Fsp3) is 0.273. The smallest absolute Gasteiger partial charge is 0.261 e. The van der Waals surface area contributed by atoms with E-state index < -0.39 is 11.8 Å². The normalized spacial score (nSPS) is 19.1.